The Morgan fingerprint density at radius 3 is 0.920 bits per heavy atom. The van der Waals surface area contributed by atoms with Gasteiger partial charge in [-0.15, -0.1) is 0 Å². The lowest BCUT2D eigenvalue weighted by atomic mass is 10.0. The molecule has 0 aliphatic carbocycles. The highest BCUT2D eigenvalue weighted by molar-refractivity contribution is 7.47. The Balaban J connectivity index is 5.42. The van der Waals surface area contributed by atoms with Crippen LogP contribution < -0.4 is 0 Å². The lowest BCUT2D eigenvalue weighted by molar-refractivity contribution is -0.161. The fraction of sp³-hybridized carbons (Fsp3) is 0.753. The van der Waals surface area contributed by atoms with Crippen molar-refractivity contribution in [3.8, 4) is 0 Å². The van der Waals surface area contributed by atoms with Crippen molar-refractivity contribution < 1.29 is 80.2 Å². The molecule has 0 spiro atoms. The van der Waals surface area contributed by atoms with E-state index in [0.29, 0.717) is 25.7 Å². The molecule has 0 saturated heterocycles. The Bertz CT molecular complexity index is 2270. The average molecular weight is 1450 g/mol. The third-order valence-corrected chi connectivity index (χ3v) is 18.5. The minimum atomic E-state index is -4.99. The number of ether oxygens (including phenoxy) is 4. The molecule has 0 bridgehead atoms. The van der Waals surface area contributed by atoms with E-state index in [2.05, 4.69) is 101 Å². The molecule has 0 fully saturated rings. The number of phosphoric ester groups is 2. The minimum Gasteiger partial charge on any atom is -0.462 e. The highest BCUT2D eigenvalue weighted by Gasteiger charge is 2.30. The zero-order chi connectivity index (χ0) is 73.2. The van der Waals surface area contributed by atoms with Gasteiger partial charge in [0.15, 0.2) is 12.2 Å². The van der Waals surface area contributed by atoms with Gasteiger partial charge in [0.25, 0.3) is 0 Å². The minimum absolute atomic E-state index is 0.0661. The van der Waals surface area contributed by atoms with E-state index in [4.69, 9.17) is 37.0 Å². The molecule has 100 heavy (non-hydrogen) atoms. The summed E-state index contributed by atoms with van der Waals surface area (Å²) in [7, 11) is -9.98. The number of hydrogen-bond donors (Lipinski definition) is 3. The van der Waals surface area contributed by atoms with Gasteiger partial charge in [0.1, 0.15) is 19.3 Å². The Kier molecular flexibility index (Phi) is 70.4. The predicted molar refractivity (Wildman–Crippen MR) is 409 cm³/mol. The lowest BCUT2D eigenvalue weighted by Gasteiger charge is -2.21. The molecule has 5 atom stereocenters. The normalized spacial score (nSPS) is 14.4. The number of aliphatic hydroxyl groups is 1. The van der Waals surface area contributed by atoms with Crippen molar-refractivity contribution in [1.29, 1.82) is 0 Å². The van der Waals surface area contributed by atoms with Gasteiger partial charge >= 0.3 is 39.5 Å². The molecular formula is C81H142O17P2. The zero-order valence-electron chi connectivity index (χ0n) is 63.1. The molecule has 0 aliphatic heterocycles. The third kappa shape index (κ3) is 72.3. The van der Waals surface area contributed by atoms with Crippen LogP contribution in [0.4, 0.5) is 0 Å². The van der Waals surface area contributed by atoms with Gasteiger partial charge in [-0.05, 0) is 109 Å². The highest BCUT2D eigenvalue weighted by atomic mass is 31.2. The number of rotatable bonds is 74. The van der Waals surface area contributed by atoms with Gasteiger partial charge in [-0.25, -0.2) is 9.13 Å². The molecule has 0 aromatic heterocycles. The van der Waals surface area contributed by atoms with Gasteiger partial charge < -0.3 is 33.8 Å². The maximum atomic E-state index is 13.1. The van der Waals surface area contributed by atoms with Gasteiger partial charge in [0.05, 0.1) is 32.8 Å². The molecule has 17 nitrogen and oxygen atoms in total. The van der Waals surface area contributed by atoms with Crippen LogP contribution in [0.3, 0.4) is 0 Å². The molecule has 3 N–H and O–H groups in total. The van der Waals surface area contributed by atoms with Crippen LogP contribution >= 0.6 is 15.6 Å². The molecule has 0 heterocycles. The van der Waals surface area contributed by atoms with E-state index in [-0.39, 0.29) is 25.7 Å². The predicted octanol–water partition coefficient (Wildman–Crippen LogP) is 22.8. The van der Waals surface area contributed by atoms with Crippen molar-refractivity contribution in [3.05, 3.63) is 97.2 Å². The van der Waals surface area contributed by atoms with E-state index >= 15 is 0 Å². The first-order chi connectivity index (χ1) is 48.7. The van der Waals surface area contributed by atoms with Crippen LogP contribution in [0.1, 0.15) is 336 Å². The lowest BCUT2D eigenvalue weighted by Crippen LogP contribution is -2.30. The first-order valence-electron chi connectivity index (χ1n) is 39.5. The van der Waals surface area contributed by atoms with Crippen LogP contribution in [0.25, 0.3) is 0 Å². The van der Waals surface area contributed by atoms with Crippen molar-refractivity contribution in [2.24, 2.45) is 0 Å². The van der Waals surface area contributed by atoms with Gasteiger partial charge in [-0.1, -0.05) is 298 Å². The van der Waals surface area contributed by atoms with Crippen molar-refractivity contribution in [3.63, 3.8) is 0 Å². The van der Waals surface area contributed by atoms with Crippen LogP contribution in [-0.4, -0.2) is 96.7 Å². The number of carbonyl (C=O) groups is 4. The second-order valence-corrected chi connectivity index (χ2v) is 29.2. The van der Waals surface area contributed by atoms with E-state index in [1.807, 2.05) is 18.2 Å². The van der Waals surface area contributed by atoms with Crippen LogP contribution in [0.5, 0.6) is 0 Å². The van der Waals surface area contributed by atoms with Crippen molar-refractivity contribution >= 4 is 39.5 Å². The monoisotopic (exact) mass is 1450 g/mol. The maximum Gasteiger partial charge on any atom is 0.472 e. The second-order valence-electron chi connectivity index (χ2n) is 26.3. The van der Waals surface area contributed by atoms with Gasteiger partial charge in [0, 0.05) is 19.3 Å². The number of aliphatic hydroxyl groups excluding tert-OH is 1. The van der Waals surface area contributed by atoms with E-state index < -0.39 is 97.5 Å². The standard InChI is InChI=1S/C81H142O17P2/c1-5-9-13-17-21-25-29-33-37-41-45-49-53-57-61-65-78(83)91-71-76(97-80(85)67-63-59-55-51-47-43-39-35-31-27-23-19-15-11-7-3)73-95-99(87,88)93-69-75(82)70-94-100(89,90)96-74-77(98-81(86)68-64-60-56-52-48-44-40-36-32-28-24-20-16-12-8-4)72-92-79(84)66-62-58-54-50-46-42-38-34-30-26-22-18-14-10-6-2/h9,13,21-22,25-26,33-35,37-39,45,49,57,61,75-77,82H,5-8,10-12,14-20,23-24,27-32,36,40-44,46-48,50-56,58-60,62-74H2,1-4H3,(H,87,88)(H,89,90)/b13-9-,25-21-,26-22-,37-33-,38-34-,39-35-,49-45-,61-57-. The SMILES string of the molecule is CC/C=C\C/C=C\C/C=C\C/C=C\C/C=C\CC(=O)OCC(COP(=O)(O)OCC(O)COP(=O)(O)OCC(COC(=O)CCCCCCC/C=C\C/C=C\CCCCC)OC(=O)CCCCCCCCCCCCCCCCC)OC(=O)CCCCCCC/C=C\CCCCCCCC. The summed E-state index contributed by atoms with van der Waals surface area (Å²) in [4.78, 5) is 72.9. The number of phosphoric acid groups is 2. The van der Waals surface area contributed by atoms with Gasteiger partial charge in [0.2, 0.25) is 0 Å². The Morgan fingerprint density at radius 2 is 0.560 bits per heavy atom. The smallest absolute Gasteiger partial charge is 0.462 e. The van der Waals surface area contributed by atoms with E-state index in [0.717, 1.165) is 135 Å². The molecular weight excluding hydrogens is 1310 g/mol. The number of hydrogen-bond acceptors (Lipinski definition) is 15. The summed E-state index contributed by atoms with van der Waals surface area (Å²) in [5, 5.41) is 10.6. The Morgan fingerprint density at radius 1 is 0.300 bits per heavy atom. The summed E-state index contributed by atoms with van der Waals surface area (Å²) in [6.45, 7) is 4.63. The number of esters is 4. The van der Waals surface area contributed by atoms with Crippen LogP contribution in [0, 0.1) is 0 Å². The first-order valence-corrected chi connectivity index (χ1v) is 42.5. The molecule has 0 amide bonds. The Labute approximate surface area is 607 Å². The second kappa shape index (κ2) is 73.3. The summed E-state index contributed by atoms with van der Waals surface area (Å²) in [6.07, 6.45) is 77.0. The molecule has 19 heteroatoms. The Hall–Kier alpha value is -4.02. The largest absolute Gasteiger partial charge is 0.472 e. The number of carbonyl (C=O) groups excluding carboxylic acids is 4. The van der Waals surface area contributed by atoms with Crippen molar-refractivity contribution in [2.75, 3.05) is 39.6 Å². The zero-order valence-corrected chi connectivity index (χ0v) is 64.9. The first kappa shape index (κ1) is 96.0. The van der Waals surface area contributed by atoms with E-state index in [9.17, 15) is 43.2 Å². The molecule has 0 aliphatic rings. The van der Waals surface area contributed by atoms with E-state index in [1.54, 1.807) is 6.08 Å². The molecule has 0 rings (SSSR count). The van der Waals surface area contributed by atoms with Crippen LogP contribution in [0.15, 0.2) is 97.2 Å². The number of unbranched alkanes of at least 4 members (excludes halogenated alkanes) is 33. The van der Waals surface area contributed by atoms with Crippen molar-refractivity contribution in [1.82, 2.24) is 0 Å². The quantitative estimate of drug-likeness (QED) is 0.0169. The van der Waals surface area contributed by atoms with E-state index in [1.165, 1.54) is 122 Å². The summed E-state index contributed by atoms with van der Waals surface area (Å²) in [5.74, 6) is -2.33. The van der Waals surface area contributed by atoms with Crippen LogP contribution in [0.2, 0.25) is 0 Å². The van der Waals surface area contributed by atoms with Crippen LogP contribution in [-0.2, 0) is 65.4 Å². The molecule has 0 saturated carbocycles. The molecule has 5 unspecified atom stereocenters. The summed E-state index contributed by atoms with van der Waals surface area (Å²) in [5.41, 5.74) is 0. The molecule has 0 aromatic carbocycles. The summed E-state index contributed by atoms with van der Waals surface area (Å²) in [6, 6.07) is 0. The summed E-state index contributed by atoms with van der Waals surface area (Å²) >= 11 is 0. The summed E-state index contributed by atoms with van der Waals surface area (Å²) < 4.78 is 68.4. The van der Waals surface area contributed by atoms with Crippen molar-refractivity contribution in [2.45, 2.75) is 354 Å². The highest BCUT2D eigenvalue weighted by Crippen LogP contribution is 2.45. The molecule has 578 valence electrons. The maximum absolute atomic E-state index is 13.1. The number of allylic oxidation sites excluding steroid dienone is 15. The van der Waals surface area contributed by atoms with Gasteiger partial charge in [-0.3, -0.25) is 37.3 Å². The molecule has 0 aromatic rings. The fourth-order valence-corrected chi connectivity index (χ4v) is 12.1. The topological polar surface area (TPSA) is 237 Å². The average Bonchev–Trinajstić information content (AvgIpc) is 1.01. The fourth-order valence-electron chi connectivity index (χ4n) is 10.6. The van der Waals surface area contributed by atoms with Gasteiger partial charge in [-0.2, -0.15) is 0 Å². The third-order valence-electron chi connectivity index (χ3n) is 16.6. The molecule has 0 radical (unpaired) electrons.